The van der Waals surface area contributed by atoms with Gasteiger partial charge in [-0.05, 0) is 307 Å². The Morgan fingerprint density at radius 2 is 0.422 bits per heavy atom. The van der Waals surface area contributed by atoms with Gasteiger partial charge in [-0.1, -0.05) is 431 Å². The van der Waals surface area contributed by atoms with E-state index >= 15 is 0 Å². The molecule has 0 atom stereocenters. The van der Waals surface area contributed by atoms with Crippen LogP contribution in [0.1, 0.15) is 0 Å². The Balaban J connectivity index is 0.000000102. The van der Waals surface area contributed by atoms with Crippen LogP contribution >= 0.6 is 11.3 Å². The van der Waals surface area contributed by atoms with E-state index in [2.05, 4.69) is 443 Å². The van der Waals surface area contributed by atoms with Gasteiger partial charge in [0.25, 0.3) is 0 Å². The first kappa shape index (κ1) is 83.7. The largest absolute Gasteiger partial charge is 0.435 e. The highest BCUT2D eigenvalue weighted by Crippen LogP contribution is 2.53. The highest BCUT2D eigenvalue weighted by atomic mass is 32.1. The number of hydrogen-bond donors (Lipinski definition) is 0. The second-order valence-corrected chi connectivity index (χ2v) is 39.8. The summed E-state index contributed by atoms with van der Waals surface area (Å²) in [5.74, 6) is 1.28. The Bertz CT molecular complexity index is 10900. The van der Waals surface area contributed by atoms with E-state index in [1.165, 1.54) is 223 Å². The van der Waals surface area contributed by atoms with E-state index < -0.39 is 0 Å². The Kier molecular flexibility index (Phi) is 19.2. The first-order chi connectivity index (χ1) is 72.9. The molecule has 0 aliphatic heterocycles. The van der Waals surface area contributed by atoms with Crippen molar-refractivity contribution in [2.24, 2.45) is 0 Å². The summed E-state index contributed by atoms with van der Waals surface area (Å²) in [6.07, 6.45) is 0. The van der Waals surface area contributed by atoms with Crippen LogP contribution in [0.3, 0.4) is 0 Å². The summed E-state index contributed by atoms with van der Waals surface area (Å²) < 4.78 is 14.3. The van der Waals surface area contributed by atoms with Crippen molar-refractivity contribution in [3.63, 3.8) is 0 Å². The average Bonchev–Trinajstić information content (AvgIpc) is 1.59. The molecule has 31 aromatic rings. The van der Waals surface area contributed by atoms with Gasteiger partial charge in [-0.3, -0.25) is 0 Å². The number of nitrogens with zero attached hydrogens (tertiary/aromatic N) is 3. The second-order valence-electron chi connectivity index (χ2n) is 38.8. The maximum atomic E-state index is 6.53. The van der Waals surface area contributed by atoms with Gasteiger partial charge in [-0.25, -0.2) is 15.0 Å². The number of hydrogen-bond acceptors (Lipinski definition) is 6. The van der Waals surface area contributed by atoms with E-state index in [9.17, 15) is 0 Å². The molecule has 3 aromatic heterocycles. The van der Waals surface area contributed by atoms with Gasteiger partial charge in [0.05, 0.1) is 10.2 Å². The third-order valence-corrected chi connectivity index (χ3v) is 31.9. The zero-order valence-corrected chi connectivity index (χ0v) is 80.3. The maximum absolute atomic E-state index is 6.53. The van der Waals surface area contributed by atoms with Crippen LogP contribution in [-0.4, -0.2) is 15.0 Å². The third kappa shape index (κ3) is 13.7. The fourth-order valence-corrected chi connectivity index (χ4v) is 25.0. The molecule has 0 amide bonds. The number of aromatic nitrogens is 3. The van der Waals surface area contributed by atoms with Gasteiger partial charge in [-0.15, -0.1) is 11.3 Å². The molecule has 1 aliphatic rings. The maximum Gasteiger partial charge on any atom is 0.227 e. The van der Waals surface area contributed by atoms with Crippen molar-refractivity contribution in [2.45, 2.75) is 0 Å². The Morgan fingerprint density at radius 1 is 0.143 bits per heavy atom. The minimum Gasteiger partial charge on any atom is -0.435 e. The molecule has 0 radical (unpaired) electrons. The smallest absolute Gasteiger partial charge is 0.227 e. The lowest BCUT2D eigenvalue weighted by molar-refractivity contribution is 0.623. The number of thiazole rings is 1. The van der Waals surface area contributed by atoms with Crippen LogP contribution in [0.5, 0.6) is 0 Å². The molecule has 32 rings (SSSR count). The van der Waals surface area contributed by atoms with Crippen LogP contribution in [-0.2, 0) is 0 Å². The standard InChI is InChI=1S/C49H29NO.C47H27NO.C45H27NS/c1-2-10-32(11-3-1)49-50-46-27-25-31-22-20-30-21-23-33(28-44(30)47(31)48(46)51-49)35-16-8-19-38-36(17-9-18-37(35)38)34-24-26-43-41-14-5-4-12-39(41)40-13-6-7-15-42(40)45(43)29-34;1-2-9-30(10-3-1)47-48-43-26-23-29-21-19-28-20-22-31(27-42(28)44(29)46(43)49-47)32-13-6-15-34-33(32)14-7-16-35(34)38-24-25-41-37-12-5-4-11-36(37)39-17-8-18-40(38)45(39)41;1-2-8-32(9-3-1)45-46-42-25-23-31-20-18-30-19-21-33(26-40(30)43(31)44(42)47-45)28-14-16-29(17-15-28)34-22-24-39-37-12-5-4-10-35(37)36-11-6-7-13-38(36)41(39)27-34/h1-29H;1-27H;1-27H. The lowest BCUT2D eigenvalue weighted by Crippen LogP contribution is -1.88. The fourth-order valence-electron chi connectivity index (χ4n) is 23.9. The fraction of sp³-hybridized carbons (Fsp3) is 0. The summed E-state index contributed by atoms with van der Waals surface area (Å²) in [4.78, 5) is 14.8. The number of oxazole rings is 2. The van der Waals surface area contributed by atoms with Gasteiger partial charge in [0.2, 0.25) is 11.8 Å². The molecule has 3 heterocycles. The molecule has 0 saturated carbocycles. The normalized spacial score (nSPS) is 11.9. The summed E-state index contributed by atoms with van der Waals surface area (Å²) in [7, 11) is 0. The van der Waals surface area contributed by atoms with Gasteiger partial charge in [-0.2, -0.15) is 0 Å². The van der Waals surface area contributed by atoms with Crippen LogP contribution in [0.15, 0.2) is 512 Å². The third-order valence-electron chi connectivity index (χ3n) is 30.8. The Morgan fingerprint density at radius 3 is 0.884 bits per heavy atom. The summed E-state index contributed by atoms with van der Waals surface area (Å²) in [5, 5.41) is 38.4. The minimum absolute atomic E-state index is 0.641. The molecule has 0 bridgehead atoms. The summed E-state index contributed by atoms with van der Waals surface area (Å²) in [5.41, 5.74) is 27.5. The van der Waals surface area contributed by atoms with Crippen molar-refractivity contribution < 1.29 is 8.83 Å². The topological polar surface area (TPSA) is 65.0 Å². The van der Waals surface area contributed by atoms with Crippen LogP contribution in [0.4, 0.5) is 0 Å². The molecule has 0 N–H and O–H groups in total. The molecule has 147 heavy (non-hydrogen) atoms. The SMILES string of the molecule is c1ccc(-c2nc3ccc4ccc5ccc(-c6ccc(-c7ccc8c9ccccc9c9ccccc9c8c7)cc6)cc5c4c3s2)cc1.c1ccc(-c2nc3ccc4ccc5ccc(-c6cccc7c(-c8ccc9c%10c(cccc8%10)-c8ccccc8-9)cccc67)cc5c4c3o2)cc1.c1ccc(-c2nc3ccc4ccc5ccc(-c6cccc7c(-c8ccc9c%10ccccc%10c%10ccccc%10c9c8)cccc67)cc5c4c3o2)cc1. The molecule has 0 saturated heterocycles. The predicted octanol–water partition coefficient (Wildman–Crippen LogP) is 39.9. The average molecular weight is 1880 g/mol. The van der Waals surface area contributed by atoms with Crippen molar-refractivity contribution in [3.8, 4) is 122 Å². The highest BCUT2D eigenvalue weighted by molar-refractivity contribution is 7.22. The van der Waals surface area contributed by atoms with Gasteiger partial charge < -0.3 is 8.83 Å². The van der Waals surface area contributed by atoms with Gasteiger partial charge >= 0.3 is 0 Å². The molecule has 0 fully saturated rings. The van der Waals surface area contributed by atoms with E-state index in [0.29, 0.717) is 11.8 Å². The first-order valence-electron chi connectivity index (χ1n) is 50.3. The van der Waals surface area contributed by atoms with Crippen LogP contribution in [0.25, 0.3) is 316 Å². The van der Waals surface area contributed by atoms with Crippen LogP contribution in [0, 0.1) is 0 Å². The number of benzene rings is 28. The Hall–Kier alpha value is -19.1. The summed E-state index contributed by atoms with van der Waals surface area (Å²) in [6.45, 7) is 0. The van der Waals surface area contributed by atoms with Crippen molar-refractivity contribution in [3.05, 3.63) is 504 Å². The molecule has 6 heteroatoms. The van der Waals surface area contributed by atoms with Gasteiger partial charge in [0.15, 0.2) is 11.2 Å². The molecule has 28 aromatic carbocycles. The van der Waals surface area contributed by atoms with Crippen molar-refractivity contribution in [1.82, 2.24) is 15.0 Å². The van der Waals surface area contributed by atoms with E-state index in [0.717, 1.165) is 81.7 Å². The Labute approximate surface area is 848 Å². The quantitative estimate of drug-likeness (QED) is 0.135. The lowest BCUT2D eigenvalue weighted by atomic mass is 9.89. The molecule has 0 spiro atoms. The van der Waals surface area contributed by atoms with Gasteiger partial charge in [0.1, 0.15) is 16.0 Å². The van der Waals surface area contributed by atoms with E-state index in [4.69, 9.17) is 23.8 Å². The molecule has 680 valence electrons. The van der Waals surface area contributed by atoms with Crippen molar-refractivity contribution in [1.29, 1.82) is 0 Å². The van der Waals surface area contributed by atoms with E-state index in [1.54, 1.807) is 11.3 Å². The zero-order valence-electron chi connectivity index (χ0n) is 79.5. The lowest BCUT2D eigenvalue weighted by Gasteiger charge is -2.15. The second kappa shape index (κ2) is 33.8. The minimum atomic E-state index is 0.641. The molecular weight excluding hydrogens is 1800 g/mol. The first-order valence-corrected chi connectivity index (χ1v) is 51.1. The summed E-state index contributed by atoms with van der Waals surface area (Å²) >= 11 is 1.79. The number of rotatable bonds is 9. The zero-order chi connectivity index (χ0) is 96.4. The van der Waals surface area contributed by atoms with E-state index in [1.807, 2.05) is 60.7 Å². The monoisotopic (exact) mass is 1880 g/mol. The highest BCUT2D eigenvalue weighted by Gasteiger charge is 2.26. The molecule has 1 aliphatic carbocycles. The van der Waals surface area contributed by atoms with E-state index in [-0.39, 0.29) is 0 Å². The predicted molar refractivity (Wildman–Crippen MR) is 624 cm³/mol. The van der Waals surface area contributed by atoms with Crippen LogP contribution in [0.2, 0.25) is 0 Å². The molecule has 5 nitrogen and oxygen atoms in total. The van der Waals surface area contributed by atoms with Crippen LogP contribution < -0.4 is 0 Å². The van der Waals surface area contributed by atoms with Crippen molar-refractivity contribution >= 4 is 205 Å². The molecular formula is C141H83N3O2S. The van der Waals surface area contributed by atoms with Crippen molar-refractivity contribution in [2.75, 3.05) is 0 Å². The molecule has 0 unspecified atom stereocenters. The van der Waals surface area contributed by atoms with Gasteiger partial charge in [0, 0.05) is 32.8 Å². The summed E-state index contributed by atoms with van der Waals surface area (Å²) in [6, 6.07) is 182. The number of fused-ring (bicyclic) bond motifs is 32.